The first kappa shape index (κ1) is 11.6. The average Bonchev–Trinajstić information content (AvgIpc) is 2.86. The Hall–Kier alpha value is -1.88. The molecule has 0 spiro atoms. The van der Waals surface area contributed by atoms with Crippen LogP contribution in [0.5, 0.6) is 6.01 Å². The standard InChI is InChI=1S/C12H16N4O/c1-10(7-13)8-17-12-14-9-16(15-12)11-5-3-2-4-6-11/h2-6,9-10H,7-8,13H2,1H3. The number of rotatable bonds is 5. The summed E-state index contributed by atoms with van der Waals surface area (Å²) in [7, 11) is 0. The van der Waals surface area contributed by atoms with Gasteiger partial charge in [0.15, 0.2) is 0 Å². The highest BCUT2D eigenvalue weighted by atomic mass is 16.5. The monoisotopic (exact) mass is 232 g/mol. The van der Waals surface area contributed by atoms with Crippen LogP contribution in [0, 0.1) is 5.92 Å². The minimum atomic E-state index is 0.304. The van der Waals surface area contributed by atoms with Gasteiger partial charge >= 0.3 is 6.01 Å². The molecule has 0 aliphatic rings. The van der Waals surface area contributed by atoms with E-state index in [9.17, 15) is 0 Å². The maximum absolute atomic E-state index is 5.51. The molecule has 90 valence electrons. The molecule has 2 aromatic rings. The molecule has 1 unspecified atom stereocenters. The molecular formula is C12H16N4O. The second-order valence-corrected chi connectivity index (χ2v) is 3.96. The number of benzene rings is 1. The SMILES string of the molecule is CC(CN)COc1ncn(-c2ccccc2)n1. The topological polar surface area (TPSA) is 66.0 Å². The van der Waals surface area contributed by atoms with E-state index in [1.165, 1.54) is 0 Å². The van der Waals surface area contributed by atoms with Gasteiger partial charge in [0, 0.05) is 5.92 Å². The molecule has 0 amide bonds. The Morgan fingerprint density at radius 1 is 1.35 bits per heavy atom. The van der Waals surface area contributed by atoms with Gasteiger partial charge in [-0.3, -0.25) is 0 Å². The summed E-state index contributed by atoms with van der Waals surface area (Å²) in [5, 5.41) is 4.23. The lowest BCUT2D eigenvalue weighted by Gasteiger charge is -2.06. The molecule has 0 fully saturated rings. The summed E-state index contributed by atoms with van der Waals surface area (Å²) in [6, 6.07) is 10.2. The van der Waals surface area contributed by atoms with E-state index in [0.29, 0.717) is 25.1 Å². The molecule has 1 aromatic carbocycles. The zero-order valence-corrected chi connectivity index (χ0v) is 9.78. The van der Waals surface area contributed by atoms with Crippen molar-refractivity contribution in [3.63, 3.8) is 0 Å². The number of ether oxygens (including phenoxy) is 1. The molecule has 1 atom stereocenters. The van der Waals surface area contributed by atoms with Crippen LogP contribution in [-0.2, 0) is 0 Å². The highest BCUT2D eigenvalue weighted by molar-refractivity contribution is 5.29. The van der Waals surface area contributed by atoms with E-state index in [1.54, 1.807) is 11.0 Å². The van der Waals surface area contributed by atoms with Crippen molar-refractivity contribution < 1.29 is 4.74 Å². The van der Waals surface area contributed by atoms with Crippen molar-refractivity contribution in [2.75, 3.05) is 13.2 Å². The van der Waals surface area contributed by atoms with Crippen LogP contribution < -0.4 is 10.5 Å². The zero-order chi connectivity index (χ0) is 12.1. The van der Waals surface area contributed by atoms with Crippen molar-refractivity contribution in [3.8, 4) is 11.7 Å². The highest BCUT2D eigenvalue weighted by Gasteiger charge is 2.05. The number of nitrogens with zero attached hydrogens (tertiary/aromatic N) is 3. The minimum Gasteiger partial charge on any atom is -0.462 e. The number of hydrogen-bond acceptors (Lipinski definition) is 4. The Labute approximate surface area is 100 Å². The minimum absolute atomic E-state index is 0.304. The maximum atomic E-state index is 5.51. The molecule has 5 nitrogen and oxygen atoms in total. The lowest BCUT2D eigenvalue weighted by atomic mass is 10.2. The maximum Gasteiger partial charge on any atom is 0.335 e. The Balaban J connectivity index is 2.01. The van der Waals surface area contributed by atoms with E-state index in [4.69, 9.17) is 10.5 Å². The summed E-state index contributed by atoms with van der Waals surface area (Å²) in [5.41, 5.74) is 6.47. The van der Waals surface area contributed by atoms with Gasteiger partial charge < -0.3 is 10.5 Å². The summed E-state index contributed by atoms with van der Waals surface area (Å²) in [6.07, 6.45) is 1.64. The number of aromatic nitrogens is 3. The van der Waals surface area contributed by atoms with Crippen molar-refractivity contribution in [1.29, 1.82) is 0 Å². The fraction of sp³-hybridized carbons (Fsp3) is 0.333. The lowest BCUT2D eigenvalue weighted by Crippen LogP contribution is -2.18. The Morgan fingerprint density at radius 3 is 2.82 bits per heavy atom. The van der Waals surface area contributed by atoms with Crippen LogP contribution >= 0.6 is 0 Å². The van der Waals surface area contributed by atoms with Crippen LogP contribution in [0.1, 0.15) is 6.92 Å². The molecule has 1 aromatic heterocycles. The first-order valence-electron chi connectivity index (χ1n) is 5.59. The summed E-state index contributed by atoms with van der Waals surface area (Å²) >= 11 is 0. The predicted octanol–water partition coefficient (Wildman–Crippen LogP) is 1.24. The van der Waals surface area contributed by atoms with Gasteiger partial charge in [-0.2, -0.15) is 4.98 Å². The summed E-state index contributed by atoms with van der Waals surface area (Å²) in [6.45, 7) is 3.16. The first-order chi connectivity index (χ1) is 8.29. The zero-order valence-electron chi connectivity index (χ0n) is 9.78. The van der Waals surface area contributed by atoms with E-state index in [0.717, 1.165) is 5.69 Å². The normalized spacial score (nSPS) is 12.4. The van der Waals surface area contributed by atoms with Crippen molar-refractivity contribution in [2.24, 2.45) is 11.7 Å². The van der Waals surface area contributed by atoms with Crippen molar-refractivity contribution in [3.05, 3.63) is 36.7 Å². The van der Waals surface area contributed by atoms with Gasteiger partial charge in [0.2, 0.25) is 0 Å². The molecule has 0 saturated heterocycles. The largest absolute Gasteiger partial charge is 0.462 e. The molecule has 0 bridgehead atoms. The van der Waals surface area contributed by atoms with Crippen molar-refractivity contribution in [1.82, 2.24) is 14.8 Å². The molecule has 1 heterocycles. The molecule has 0 aliphatic carbocycles. The lowest BCUT2D eigenvalue weighted by molar-refractivity contribution is 0.245. The van der Waals surface area contributed by atoms with E-state index in [2.05, 4.69) is 10.1 Å². The molecule has 17 heavy (non-hydrogen) atoms. The smallest absolute Gasteiger partial charge is 0.335 e. The van der Waals surface area contributed by atoms with E-state index in [-0.39, 0.29) is 0 Å². The second-order valence-electron chi connectivity index (χ2n) is 3.96. The predicted molar refractivity (Wildman–Crippen MR) is 65.1 cm³/mol. The van der Waals surface area contributed by atoms with Gasteiger partial charge in [0.25, 0.3) is 0 Å². The Morgan fingerprint density at radius 2 is 2.12 bits per heavy atom. The van der Waals surface area contributed by atoms with E-state index < -0.39 is 0 Å². The van der Waals surface area contributed by atoms with Crippen molar-refractivity contribution >= 4 is 0 Å². The molecule has 0 aliphatic heterocycles. The average molecular weight is 232 g/mol. The fourth-order valence-corrected chi connectivity index (χ4v) is 1.30. The molecule has 2 N–H and O–H groups in total. The van der Waals surface area contributed by atoms with Crippen molar-refractivity contribution in [2.45, 2.75) is 6.92 Å². The van der Waals surface area contributed by atoms with Gasteiger partial charge in [-0.1, -0.05) is 25.1 Å². The van der Waals surface area contributed by atoms with E-state index >= 15 is 0 Å². The summed E-state index contributed by atoms with van der Waals surface area (Å²) in [4.78, 5) is 4.09. The number of hydrogen-bond donors (Lipinski definition) is 1. The third-order valence-corrected chi connectivity index (χ3v) is 2.39. The van der Waals surface area contributed by atoms with Gasteiger partial charge in [0.1, 0.15) is 6.33 Å². The molecule has 2 rings (SSSR count). The van der Waals surface area contributed by atoms with E-state index in [1.807, 2.05) is 37.3 Å². The molecule has 0 radical (unpaired) electrons. The quantitative estimate of drug-likeness (QED) is 0.842. The third kappa shape index (κ3) is 3.04. The molecule has 0 saturated carbocycles. The molecular weight excluding hydrogens is 216 g/mol. The summed E-state index contributed by atoms with van der Waals surface area (Å²) < 4.78 is 7.12. The van der Waals surface area contributed by atoms with Crippen LogP contribution in [0.25, 0.3) is 5.69 Å². The van der Waals surface area contributed by atoms with Gasteiger partial charge in [0.05, 0.1) is 12.3 Å². The summed E-state index contributed by atoms with van der Waals surface area (Å²) in [5.74, 6) is 0.304. The second kappa shape index (κ2) is 5.45. The highest BCUT2D eigenvalue weighted by Crippen LogP contribution is 2.08. The van der Waals surface area contributed by atoms with Crippen LogP contribution in [0.15, 0.2) is 36.7 Å². The van der Waals surface area contributed by atoms with Gasteiger partial charge in [-0.05, 0) is 18.7 Å². The van der Waals surface area contributed by atoms with Crippen LogP contribution in [0.3, 0.4) is 0 Å². The van der Waals surface area contributed by atoms with Crippen LogP contribution in [0.2, 0.25) is 0 Å². The first-order valence-corrected chi connectivity index (χ1v) is 5.59. The number of nitrogens with two attached hydrogens (primary N) is 1. The van der Waals surface area contributed by atoms with Crippen LogP contribution in [-0.4, -0.2) is 27.9 Å². The van der Waals surface area contributed by atoms with Crippen LogP contribution in [0.4, 0.5) is 0 Å². The third-order valence-electron chi connectivity index (χ3n) is 2.39. The van der Waals surface area contributed by atoms with Gasteiger partial charge in [-0.25, -0.2) is 4.68 Å². The Kier molecular flexibility index (Phi) is 3.72. The fourth-order valence-electron chi connectivity index (χ4n) is 1.30. The molecule has 5 heteroatoms. The van der Waals surface area contributed by atoms with Gasteiger partial charge in [-0.15, -0.1) is 5.10 Å². The Bertz CT molecular complexity index is 455. The number of para-hydroxylation sites is 1.